The highest BCUT2D eigenvalue weighted by Crippen LogP contribution is 2.33. The van der Waals surface area contributed by atoms with Gasteiger partial charge in [0.1, 0.15) is 12.4 Å². The van der Waals surface area contributed by atoms with E-state index in [0.29, 0.717) is 34.6 Å². The molecule has 5 rings (SSSR count). The molecule has 0 spiro atoms. The van der Waals surface area contributed by atoms with Gasteiger partial charge in [0.2, 0.25) is 5.91 Å². The number of nitrogens with two attached hydrogens (primary N) is 1. The number of amides is 2. The number of ether oxygens (including phenoxy) is 1. The summed E-state index contributed by atoms with van der Waals surface area (Å²) < 4.78 is 5.85. The number of hydrogen-bond donors (Lipinski definition) is 3. The first kappa shape index (κ1) is 24.3. The van der Waals surface area contributed by atoms with E-state index >= 15 is 0 Å². The zero-order valence-electron chi connectivity index (χ0n) is 20.3. The van der Waals surface area contributed by atoms with Crippen LogP contribution in [0.15, 0.2) is 72.9 Å². The SMILES string of the molecule is NC(=O)c1cccc(C(=O)c2ccc3c(c2)NC(=O)C3=CNc2ccc(OCCN3CCCC3)cc2)c1. The van der Waals surface area contributed by atoms with Gasteiger partial charge in [-0.15, -0.1) is 0 Å². The van der Waals surface area contributed by atoms with Crippen LogP contribution in [0.4, 0.5) is 11.4 Å². The molecule has 0 atom stereocenters. The van der Waals surface area contributed by atoms with Gasteiger partial charge >= 0.3 is 0 Å². The van der Waals surface area contributed by atoms with Crippen molar-refractivity contribution in [3.8, 4) is 5.75 Å². The van der Waals surface area contributed by atoms with Gasteiger partial charge in [-0.25, -0.2) is 0 Å². The molecule has 2 aliphatic rings. The lowest BCUT2D eigenvalue weighted by atomic mass is 9.98. The average Bonchev–Trinajstić information content (AvgIpc) is 3.54. The summed E-state index contributed by atoms with van der Waals surface area (Å²) in [6, 6.07) is 18.9. The van der Waals surface area contributed by atoms with Crippen LogP contribution in [0.2, 0.25) is 0 Å². The van der Waals surface area contributed by atoms with Gasteiger partial charge in [0.15, 0.2) is 5.78 Å². The number of nitrogens with zero attached hydrogens (tertiary/aromatic N) is 1. The number of hydrogen-bond acceptors (Lipinski definition) is 6. The molecular formula is C29H28N4O4. The molecule has 2 aliphatic heterocycles. The normalized spacial score (nSPS) is 15.9. The fourth-order valence-corrected chi connectivity index (χ4v) is 4.56. The maximum atomic E-state index is 13.0. The predicted octanol–water partition coefficient (Wildman–Crippen LogP) is 3.90. The molecule has 0 bridgehead atoms. The van der Waals surface area contributed by atoms with E-state index in [1.165, 1.54) is 18.9 Å². The summed E-state index contributed by atoms with van der Waals surface area (Å²) >= 11 is 0. The van der Waals surface area contributed by atoms with Crippen molar-refractivity contribution in [2.75, 3.05) is 36.9 Å². The highest BCUT2D eigenvalue weighted by Gasteiger charge is 2.25. The molecule has 0 unspecified atom stereocenters. The number of ketones is 1. The topological polar surface area (TPSA) is 114 Å². The molecule has 0 saturated carbocycles. The van der Waals surface area contributed by atoms with Gasteiger partial charge in [-0.2, -0.15) is 0 Å². The maximum absolute atomic E-state index is 13.0. The van der Waals surface area contributed by atoms with Crippen LogP contribution in [0.5, 0.6) is 5.75 Å². The van der Waals surface area contributed by atoms with Crippen LogP contribution in [0.1, 0.15) is 44.7 Å². The van der Waals surface area contributed by atoms with E-state index < -0.39 is 5.91 Å². The van der Waals surface area contributed by atoms with E-state index in [1.807, 2.05) is 24.3 Å². The molecule has 1 saturated heterocycles. The highest BCUT2D eigenvalue weighted by atomic mass is 16.5. The molecule has 0 radical (unpaired) electrons. The third kappa shape index (κ3) is 5.54. The molecule has 37 heavy (non-hydrogen) atoms. The van der Waals surface area contributed by atoms with E-state index in [1.54, 1.807) is 42.6 Å². The Kier molecular flexibility index (Phi) is 7.00. The van der Waals surface area contributed by atoms with E-state index in [-0.39, 0.29) is 17.3 Å². The quantitative estimate of drug-likeness (QED) is 0.306. The molecule has 2 heterocycles. The highest BCUT2D eigenvalue weighted by molar-refractivity contribution is 6.32. The number of fused-ring (bicyclic) bond motifs is 1. The first-order chi connectivity index (χ1) is 18.0. The standard InChI is InChI=1S/C29H28N4O4/c30-28(35)21-5-3-4-19(16-21)27(34)20-6-11-24-25(29(36)32-26(24)17-20)18-31-22-7-9-23(10-8-22)37-15-14-33-12-1-2-13-33/h3-11,16-18,31H,1-2,12-15H2,(H2,30,35)(H,32,36). The molecule has 188 valence electrons. The predicted molar refractivity (Wildman–Crippen MR) is 143 cm³/mol. The second kappa shape index (κ2) is 10.7. The largest absolute Gasteiger partial charge is 0.492 e. The molecule has 0 aliphatic carbocycles. The van der Waals surface area contributed by atoms with Gasteiger partial charge in [-0.1, -0.05) is 24.3 Å². The number of anilines is 2. The molecule has 8 nitrogen and oxygen atoms in total. The lowest BCUT2D eigenvalue weighted by Crippen LogP contribution is -2.25. The van der Waals surface area contributed by atoms with Gasteiger partial charge in [-0.05, 0) is 68.4 Å². The second-order valence-corrected chi connectivity index (χ2v) is 9.11. The molecule has 2 amide bonds. The fraction of sp³-hybridized carbons (Fsp3) is 0.207. The lowest BCUT2D eigenvalue weighted by Gasteiger charge is -2.15. The van der Waals surface area contributed by atoms with Crippen molar-refractivity contribution in [1.82, 2.24) is 4.90 Å². The minimum absolute atomic E-state index is 0.260. The number of likely N-dealkylation sites (tertiary alicyclic amines) is 1. The van der Waals surface area contributed by atoms with Gasteiger partial charge < -0.3 is 21.1 Å². The molecule has 3 aromatic rings. The first-order valence-electron chi connectivity index (χ1n) is 12.3. The maximum Gasteiger partial charge on any atom is 0.257 e. The number of nitrogens with one attached hydrogen (secondary N) is 2. The summed E-state index contributed by atoms with van der Waals surface area (Å²) in [4.78, 5) is 39.4. The van der Waals surface area contributed by atoms with Crippen molar-refractivity contribution in [3.05, 3.63) is 95.2 Å². The molecule has 4 N–H and O–H groups in total. The zero-order valence-corrected chi connectivity index (χ0v) is 20.3. The third-order valence-corrected chi connectivity index (χ3v) is 6.59. The summed E-state index contributed by atoms with van der Waals surface area (Å²) in [6.07, 6.45) is 4.19. The van der Waals surface area contributed by atoms with E-state index in [2.05, 4.69) is 15.5 Å². The molecular weight excluding hydrogens is 468 g/mol. The van der Waals surface area contributed by atoms with Crippen molar-refractivity contribution >= 4 is 34.5 Å². The molecule has 3 aromatic carbocycles. The van der Waals surface area contributed by atoms with Crippen LogP contribution in [0.3, 0.4) is 0 Å². The minimum Gasteiger partial charge on any atom is -0.492 e. The second-order valence-electron chi connectivity index (χ2n) is 9.11. The molecule has 8 heteroatoms. The monoisotopic (exact) mass is 496 g/mol. The Hall–Kier alpha value is -4.43. The van der Waals surface area contributed by atoms with Crippen LogP contribution >= 0.6 is 0 Å². The van der Waals surface area contributed by atoms with Crippen LogP contribution < -0.4 is 21.1 Å². The third-order valence-electron chi connectivity index (χ3n) is 6.59. The van der Waals surface area contributed by atoms with Crippen LogP contribution in [0.25, 0.3) is 5.57 Å². The van der Waals surface area contributed by atoms with Crippen LogP contribution in [0, 0.1) is 0 Å². The Bertz CT molecular complexity index is 1370. The van der Waals surface area contributed by atoms with Crippen LogP contribution in [-0.4, -0.2) is 48.7 Å². The minimum atomic E-state index is -0.599. The van der Waals surface area contributed by atoms with Crippen molar-refractivity contribution in [3.63, 3.8) is 0 Å². The molecule has 0 aromatic heterocycles. The Morgan fingerprint density at radius 2 is 1.70 bits per heavy atom. The summed E-state index contributed by atoms with van der Waals surface area (Å²) in [5.41, 5.74) is 8.87. The smallest absolute Gasteiger partial charge is 0.257 e. The van der Waals surface area contributed by atoms with Gasteiger partial charge in [-0.3, -0.25) is 19.3 Å². The lowest BCUT2D eigenvalue weighted by molar-refractivity contribution is -0.110. The van der Waals surface area contributed by atoms with E-state index in [0.717, 1.165) is 31.1 Å². The fourth-order valence-electron chi connectivity index (χ4n) is 4.56. The van der Waals surface area contributed by atoms with Crippen molar-refractivity contribution in [2.24, 2.45) is 5.73 Å². The van der Waals surface area contributed by atoms with Crippen molar-refractivity contribution in [1.29, 1.82) is 0 Å². The van der Waals surface area contributed by atoms with Crippen molar-refractivity contribution < 1.29 is 19.1 Å². The summed E-state index contributed by atoms with van der Waals surface area (Å²) in [7, 11) is 0. The zero-order chi connectivity index (χ0) is 25.8. The van der Waals surface area contributed by atoms with Gasteiger partial charge in [0.05, 0.1) is 5.57 Å². The average molecular weight is 497 g/mol. The van der Waals surface area contributed by atoms with Crippen LogP contribution in [-0.2, 0) is 4.79 Å². The Labute approximate surface area is 215 Å². The van der Waals surface area contributed by atoms with Gasteiger partial charge in [0, 0.05) is 46.4 Å². The first-order valence-corrected chi connectivity index (χ1v) is 12.3. The van der Waals surface area contributed by atoms with E-state index in [9.17, 15) is 14.4 Å². The number of carbonyl (C=O) groups is 3. The Balaban J connectivity index is 1.24. The number of carbonyl (C=O) groups excluding carboxylic acids is 3. The Morgan fingerprint density at radius 1 is 0.973 bits per heavy atom. The van der Waals surface area contributed by atoms with Crippen molar-refractivity contribution in [2.45, 2.75) is 12.8 Å². The number of primary amides is 1. The number of rotatable bonds is 9. The summed E-state index contributed by atoms with van der Waals surface area (Å²) in [5.74, 6) is -0.319. The Morgan fingerprint density at radius 3 is 2.46 bits per heavy atom. The summed E-state index contributed by atoms with van der Waals surface area (Å²) in [5, 5.41) is 5.99. The van der Waals surface area contributed by atoms with E-state index in [4.69, 9.17) is 10.5 Å². The molecule has 1 fully saturated rings. The summed E-state index contributed by atoms with van der Waals surface area (Å²) in [6.45, 7) is 3.91. The number of benzene rings is 3. The van der Waals surface area contributed by atoms with Gasteiger partial charge in [0.25, 0.3) is 5.91 Å².